The van der Waals surface area contributed by atoms with Gasteiger partial charge in [-0.3, -0.25) is 0 Å². The number of alkyl halides is 3. The molecule has 25 heavy (non-hydrogen) atoms. The van der Waals surface area contributed by atoms with E-state index in [2.05, 4.69) is 5.32 Å². The Hall–Kier alpha value is -1.65. The summed E-state index contributed by atoms with van der Waals surface area (Å²) in [5, 5.41) is 4.51. The van der Waals surface area contributed by atoms with Gasteiger partial charge in [-0.15, -0.1) is 0 Å². The first-order valence-electron chi connectivity index (χ1n) is 7.94. The summed E-state index contributed by atoms with van der Waals surface area (Å²) in [7, 11) is 0. The highest BCUT2D eigenvalue weighted by Gasteiger charge is 2.40. The Bertz CT molecular complexity index is 860. The van der Waals surface area contributed by atoms with E-state index in [-0.39, 0.29) is 17.9 Å². The van der Waals surface area contributed by atoms with Crippen molar-refractivity contribution in [2.75, 3.05) is 5.32 Å². The van der Waals surface area contributed by atoms with E-state index in [9.17, 15) is 13.2 Å². The molecule has 6 heteroatoms. The molecule has 0 spiro atoms. The third-order valence-electron chi connectivity index (χ3n) is 4.99. The molecule has 1 N–H and O–H groups in total. The number of halogens is 5. The van der Waals surface area contributed by atoms with Gasteiger partial charge in [0, 0.05) is 21.7 Å². The Labute approximate surface area is 153 Å². The van der Waals surface area contributed by atoms with Crippen LogP contribution in [0.15, 0.2) is 48.6 Å². The summed E-state index contributed by atoms with van der Waals surface area (Å²) in [4.78, 5) is 0. The first-order chi connectivity index (χ1) is 11.8. The molecule has 2 aromatic rings. The van der Waals surface area contributed by atoms with E-state index in [0.717, 1.165) is 23.7 Å². The molecule has 2 aromatic carbocycles. The van der Waals surface area contributed by atoms with Crippen molar-refractivity contribution in [2.45, 2.75) is 24.6 Å². The smallest absolute Gasteiger partial charge is 0.378 e. The molecule has 0 fully saturated rings. The van der Waals surface area contributed by atoms with E-state index < -0.39 is 11.7 Å². The number of allylic oxidation sites excluding steroid dienone is 2. The van der Waals surface area contributed by atoms with Gasteiger partial charge in [0.15, 0.2) is 0 Å². The van der Waals surface area contributed by atoms with Crippen molar-refractivity contribution in [2.24, 2.45) is 5.92 Å². The molecular weight excluding hydrogens is 370 g/mol. The Morgan fingerprint density at radius 1 is 1.00 bits per heavy atom. The van der Waals surface area contributed by atoms with E-state index in [1.165, 1.54) is 12.1 Å². The van der Waals surface area contributed by atoms with Crippen molar-refractivity contribution in [1.29, 1.82) is 0 Å². The zero-order chi connectivity index (χ0) is 17.8. The fraction of sp³-hybridized carbons (Fsp3) is 0.263. The topological polar surface area (TPSA) is 12.0 Å². The monoisotopic (exact) mass is 383 g/mol. The molecule has 2 aliphatic rings. The Morgan fingerprint density at radius 3 is 2.52 bits per heavy atom. The lowest BCUT2D eigenvalue weighted by Gasteiger charge is -2.38. The first kappa shape index (κ1) is 16.8. The number of rotatable bonds is 1. The van der Waals surface area contributed by atoms with Gasteiger partial charge >= 0.3 is 6.18 Å². The van der Waals surface area contributed by atoms with Crippen LogP contribution < -0.4 is 5.32 Å². The predicted octanol–water partition coefficient (Wildman–Crippen LogP) is 6.84. The molecule has 1 nitrogen and oxygen atoms in total. The van der Waals surface area contributed by atoms with Crippen LogP contribution in [0.1, 0.15) is 35.1 Å². The van der Waals surface area contributed by atoms with E-state index >= 15 is 0 Å². The zero-order valence-electron chi connectivity index (χ0n) is 12.9. The van der Waals surface area contributed by atoms with Crippen LogP contribution in [-0.2, 0) is 6.18 Å². The minimum Gasteiger partial charge on any atom is -0.378 e. The van der Waals surface area contributed by atoms with Gasteiger partial charge in [-0.1, -0.05) is 41.4 Å². The van der Waals surface area contributed by atoms with Crippen LogP contribution in [0.3, 0.4) is 0 Å². The number of benzene rings is 2. The van der Waals surface area contributed by atoms with Gasteiger partial charge in [0.25, 0.3) is 0 Å². The number of hydrogen-bond donors (Lipinski definition) is 1. The van der Waals surface area contributed by atoms with Crippen molar-refractivity contribution < 1.29 is 13.2 Å². The summed E-state index contributed by atoms with van der Waals surface area (Å²) in [5.41, 5.74) is 1.71. The molecule has 130 valence electrons. The van der Waals surface area contributed by atoms with Crippen LogP contribution in [0, 0.1) is 5.92 Å². The highest BCUT2D eigenvalue weighted by atomic mass is 35.5. The summed E-state index contributed by atoms with van der Waals surface area (Å²) >= 11 is 12.4. The molecule has 0 saturated carbocycles. The van der Waals surface area contributed by atoms with Gasteiger partial charge in [0.2, 0.25) is 0 Å². The highest BCUT2D eigenvalue weighted by Crippen LogP contribution is 2.51. The average Bonchev–Trinajstić information content (AvgIpc) is 3.03. The molecule has 0 bridgehead atoms. The van der Waals surface area contributed by atoms with Crippen LogP contribution in [0.2, 0.25) is 10.0 Å². The van der Waals surface area contributed by atoms with Gasteiger partial charge in [0.05, 0.1) is 11.6 Å². The lowest BCUT2D eigenvalue weighted by molar-refractivity contribution is -0.137. The van der Waals surface area contributed by atoms with Gasteiger partial charge in [-0.2, -0.15) is 13.2 Å². The minimum absolute atomic E-state index is 0.0599. The maximum absolute atomic E-state index is 13.1. The second-order valence-corrected chi connectivity index (χ2v) is 7.28. The quantitative estimate of drug-likeness (QED) is 0.531. The van der Waals surface area contributed by atoms with Gasteiger partial charge in [0.1, 0.15) is 0 Å². The van der Waals surface area contributed by atoms with Crippen LogP contribution >= 0.6 is 23.2 Å². The van der Waals surface area contributed by atoms with E-state index in [1.54, 1.807) is 12.1 Å². The summed E-state index contributed by atoms with van der Waals surface area (Å²) in [6.45, 7) is 0. The number of nitrogens with one attached hydrogen (secondary N) is 1. The van der Waals surface area contributed by atoms with Crippen LogP contribution in [0.5, 0.6) is 0 Å². The Balaban J connectivity index is 1.78. The molecule has 1 aliphatic carbocycles. The van der Waals surface area contributed by atoms with Crippen molar-refractivity contribution in [3.8, 4) is 0 Å². The standard InChI is InChI=1S/C19H14Cl2F3N/c20-11-5-6-14(16(21)9-11)18-13-3-1-2-12(13)15-8-10(19(22,23)24)4-7-17(15)25-18/h1-2,4-9,12-13,18,25H,3H2/t12-,13+,18-/m1/s1. The second kappa shape index (κ2) is 5.96. The lowest BCUT2D eigenvalue weighted by atomic mass is 9.76. The molecule has 0 aromatic heterocycles. The van der Waals surface area contributed by atoms with E-state index in [0.29, 0.717) is 15.6 Å². The molecule has 1 aliphatic heterocycles. The van der Waals surface area contributed by atoms with E-state index in [4.69, 9.17) is 23.2 Å². The molecule has 4 rings (SSSR count). The van der Waals surface area contributed by atoms with Crippen molar-refractivity contribution in [3.63, 3.8) is 0 Å². The lowest BCUT2D eigenvalue weighted by Crippen LogP contribution is -2.29. The number of anilines is 1. The van der Waals surface area contributed by atoms with Crippen molar-refractivity contribution in [1.82, 2.24) is 0 Å². The van der Waals surface area contributed by atoms with Crippen molar-refractivity contribution >= 4 is 28.9 Å². The average molecular weight is 384 g/mol. The molecule has 0 unspecified atom stereocenters. The zero-order valence-corrected chi connectivity index (χ0v) is 14.5. The normalized spacial score (nSPS) is 24.6. The molecule has 3 atom stereocenters. The third kappa shape index (κ3) is 2.91. The highest BCUT2D eigenvalue weighted by molar-refractivity contribution is 6.35. The Kier molecular flexibility index (Phi) is 4.00. The summed E-state index contributed by atoms with van der Waals surface area (Å²) in [6, 6.07) is 9.17. The maximum atomic E-state index is 13.1. The third-order valence-corrected chi connectivity index (χ3v) is 5.55. The largest absolute Gasteiger partial charge is 0.416 e. The molecule has 1 heterocycles. The second-order valence-electron chi connectivity index (χ2n) is 6.44. The van der Waals surface area contributed by atoms with Crippen LogP contribution in [0.4, 0.5) is 18.9 Å². The predicted molar refractivity (Wildman–Crippen MR) is 94.3 cm³/mol. The van der Waals surface area contributed by atoms with Crippen LogP contribution in [0.25, 0.3) is 0 Å². The van der Waals surface area contributed by atoms with Gasteiger partial charge in [-0.25, -0.2) is 0 Å². The molecule has 0 amide bonds. The maximum Gasteiger partial charge on any atom is 0.416 e. The molecular formula is C19H14Cl2F3N. The van der Waals surface area contributed by atoms with E-state index in [1.807, 2.05) is 18.2 Å². The minimum atomic E-state index is -4.34. The van der Waals surface area contributed by atoms with Gasteiger partial charge in [-0.05, 0) is 53.8 Å². The number of fused-ring (bicyclic) bond motifs is 3. The van der Waals surface area contributed by atoms with Crippen LogP contribution in [-0.4, -0.2) is 0 Å². The summed E-state index contributed by atoms with van der Waals surface area (Å²) in [5.74, 6) is 0.0601. The fourth-order valence-corrected chi connectivity index (χ4v) is 4.36. The SMILES string of the molecule is FC(F)(F)c1ccc2c(c1)[C@@H]1C=CC[C@@H]1[C@H](c1ccc(Cl)cc1Cl)N2. The summed E-state index contributed by atoms with van der Waals surface area (Å²) < 4.78 is 39.2. The first-order valence-corrected chi connectivity index (χ1v) is 8.69. The number of hydrogen-bond acceptors (Lipinski definition) is 1. The Morgan fingerprint density at radius 2 is 1.80 bits per heavy atom. The summed E-state index contributed by atoms with van der Waals surface area (Å²) in [6.07, 6.45) is 0.477. The molecule has 0 radical (unpaired) electrons. The van der Waals surface area contributed by atoms with Crippen molar-refractivity contribution in [3.05, 3.63) is 75.3 Å². The fourth-order valence-electron chi connectivity index (χ4n) is 3.83. The molecule has 0 saturated heterocycles. The van der Waals surface area contributed by atoms with Gasteiger partial charge < -0.3 is 5.32 Å².